The van der Waals surface area contributed by atoms with Gasteiger partial charge >= 0.3 is 0 Å². The number of benzene rings is 1. The number of nitrogens with one attached hydrogen (secondary N) is 1. The van der Waals surface area contributed by atoms with Gasteiger partial charge in [-0.15, -0.1) is 0 Å². The molecule has 0 aliphatic rings. The van der Waals surface area contributed by atoms with Crippen LogP contribution in [0.15, 0.2) is 23.1 Å². The van der Waals surface area contributed by atoms with Gasteiger partial charge in [-0.25, -0.2) is 17.5 Å². The molecular formula is C15H25FN2O2S. The molecule has 0 amide bonds. The maximum atomic E-state index is 13.2. The van der Waals surface area contributed by atoms with E-state index in [9.17, 15) is 12.8 Å². The number of anilines is 1. The number of hydrogen-bond acceptors (Lipinski definition) is 3. The Hall–Kier alpha value is -1.14. The average Bonchev–Trinajstić information content (AvgIpc) is 2.36. The van der Waals surface area contributed by atoms with Crippen LogP contribution in [-0.4, -0.2) is 15.0 Å². The van der Waals surface area contributed by atoms with Gasteiger partial charge in [0.05, 0.1) is 4.90 Å². The summed E-state index contributed by atoms with van der Waals surface area (Å²) in [6, 6.07) is 3.32. The first-order chi connectivity index (χ1) is 9.81. The van der Waals surface area contributed by atoms with Crippen LogP contribution in [-0.2, 0) is 10.0 Å². The second-order valence-electron chi connectivity index (χ2n) is 5.71. The molecule has 0 aromatic heterocycles. The van der Waals surface area contributed by atoms with Gasteiger partial charge in [0.2, 0.25) is 10.0 Å². The van der Waals surface area contributed by atoms with Gasteiger partial charge in [0, 0.05) is 12.2 Å². The maximum absolute atomic E-state index is 13.2. The zero-order chi connectivity index (χ0) is 15.9. The van der Waals surface area contributed by atoms with Crippen molar-refractivity contribution in [1.82, 2.24) is 4.72 Å². The van der Waals surface area contributed by atoms with Gasteiger partial charge in [0.1, 0.15) is 5.82 Å². The molecule has 0 bridgehead atoms. The summed E-state index contributed by atoms with van der Waals surface area (Å²) in [5.74, 6) is 0.0611. The molecule has 3 N–H and O–H groups in total. The molecule has 0 atom stereocenters. The fourth-order valence-corrected chi connectivity index (χ4v) is 3.20. The van der Waals surface area contributed by atoms with E-state index in [1.165, 1.54) is 18.9 Å². The summed E-state index contributed by atoms with van der Waals surface area (Å²) in [5.41, 5.74) is 5.56. The number of hydrogen-bond donors (Lipinski definition) is 2. The first-order valence-electron chi connectivity index (χ1n) is 7.37. The van der Waals surface area contributed by atoms with E-state index in [1.54, 1.807) is 0 Å². The zero-order valence-corrected chi connectivity index (χ0v) is 13.5. The highest BCUT2D eigenvalue weighted by Gasteiger charge is 2.14. The van der Waals surface area contributed by atoms with Crippen LogP contribution in [0.1, 0.15) is 46.0 Å². The largest absolute Gasteiger partial charge is 0.399 e. The van der Waals surface area contributed by atoms with Crippen LogP contribution < -0.4 is 10.5 Å². The van der Waals surface area contributed by atoms with E-state index in [2.05, 4.69) is 18.6 Å². The Labute approximate surface area is 127 Å². The van der Waals surface area contributed by atoms with Crippen LogP contribution in [0.25, 0.3) is 0 Å². The molecule has 0 spiro atoms. The van der Waals surface area contributed by atoms with Crippen molar-refractivity contribution in [3.8, 4) is 0 Å². The quantitative estimate of drug-likeness (QED) is 0.542. The third-order valence-electron chi connectivity index (χ3n) is 3.20. The first-order valence-corrected chi connectivity index (χ1v) is 8.85. The Morgan fingerprint density at radius 3 is 2.43 bits per heavy atom. The van der Waals surface area contributed by atoms with Crippen molar-refractivity contribution in [3.63, 3.8) is 0 Å². The Balaban J connectivity index is 2.36. The summed E-state index contributed by atoms with van der Waals surface area (Å²) in [6.07, 6.45) is 5.24. The monoisotopic (exact) mass is 316 g/mol. The number of unbranched alkanes of at least 4 members (excludes halogenated alkanes) is 3. The fraction of sp³-hybridized carbons (Fsp3) is 0.600. The lowest BCUT2D eigenvalue weighted by Gasteiger charge is -2.08. The van der Waals surface area contributed by atoms with Gasteiger partial charge in [0.15, 0.2) is 0 Å². The van der Waals surface area contributed by atoms with Crippen molar-refractivity contribution in [2.75, 3.05) is 12.3 Å². The van der Waals surface area contributed by atoms with E-state index in [-0.39, 0.29) is 10.6 Å². The molecule has 1 aromatic carbocycles. The molecule has 6 heteroatoms. The van der Waals surface area contributed by atoms with Crippen molar-refractivity contribution in [2.24, 2.45) is 5.92 Å². The van der Waals surface area contributed by atoms with E-state index >= 15 is 0 Å². The lowest BCUT2D eigenvalue weighted by atomic mass is 10.0. The van der Waals surface area contributed by atoms with Crippen molar-refractivity contribution in [1.29, 1.82) is 0 Å². The molecule has 1 rings (SSSR count). The molecule has 0 saturated heterocycles. The molecule has 120 valence electrons. The van der Waals surface area contributed by atoms with Crippen LogP contribution >= 0.6 is 0 Å². The van der Waals surface area contributed by atoms with E-state index in [0.29, 0.717) is 12.5 Å². The summed E-state index contributed by atoms with van der Waals surface area (Å²) >= 11 is 0. The highest BCUT2D eigenvalue weighted by molar-refractivity contribution is 7.89. The van der Waals surface area contributed by atoms with Crippen LogP contribution in [0, 0.1) is 11.7 Å². The molecule has 0 unspecified atom stereocenters. The van der Waals surface area contributed by atoms with Gasteiger partial charge in [-0.2, -0.15) is 0 Å². The van der Waals surface area contributed by atoms with Gasteiger partial charge in [-0.1, -0.05) is 39.5 Å². The smallest absolute Gasteiger partial charge is 0.240 e. The number of nitrogen functional groups attached to an aromatic ring is 1. The molecule has 0 saturated carbocycles. The minimum absolute atomic E-state index is 0.101. The maximum Gasteiger partial charge on any atom is 0.240 e. The van der Waals surface area contributed by atoms with Crippen LogP contribution in [0.3, 0.4) is 0 Å². The fourth-order valence-electron chi connectivity index (χ4n) is 2.06. The molecule has 4 nitrogen and oxygen atoms in total. The summed E-state index contributed by atoms with van der Waals surface area (Å²) in [5, 5.41) is 0. The van der Waals surface area contributed by atoms with E-state index < -0.39 is 15.8 Å². The lowest BCUT2D eigenvalue weighted by molar-refractivity contribution is 0.517. The van der Waals surface area contributed by atoms with Crippen LogP contribution in [0.4, 0.5) is 10.1 Å². The third kappa shape index (κ3) is 6.91. The molecule has 21 heavy (non-hydrogen) atoms. The number of sulfonamides is 1. The summed E-state index contributed by atoms with van der Waals surface area (Å²) in [6.45, 7) is 4.75. The predicted molar refractivity (Wildman–Crippen MR) is 83.9 cm³/mol. The van der Waals surface area contributed by atoms with Gasteiger partial charge in [-0.05, 0) is 30.5 Å². The standard InChI is InChI=1S/C15H25FN2O2S/c1-12(2)7-5-3-4-6-8-18-21(19,20)15-10-13(16)9-14(17)11-15/h9-12,18H,3-8,17H2,1-2H3. The molecule has 0 aliphatic carbocycles. The minimum Gasteiger partial charge on any atom is -0.399 e. The molecular weight excluding hydrogens is 291 g/mol. The molecule has 0 aliphatic heterocycles. The SMILES string of the molecule is CC(C)CCCCCCNS(=O)(=O)c1cc(N)cc(F)c1. The van der Waals surface area contributed by atoms with E-state index in [1.807, 2.05) is 0 Å². The normalized spacial score (nSPS) is 12.0. The first kappa shape index (κ1) is 17.9. The van der Waals surface area contributed by atoms with Crippen molar-refractivity contribution in [3.05, 3.63) is 24.0 Å². The lowest BCUT2D eigenvalue weighted by Crippen LogP contribution is -2.25. The Morgan fingerprint density at radius 2 is 1.81 bits per heavy atom. The second kappa shape index (κ2) is 8.34. The topological polar surface area (TPSA) is 72.2 Å². The van der Waals surface area contributed by atoms with Crippen molar-refractivity contribution < 1.29 is 12.8 Å². The van der Waals surface area contributed by atoms with E-state index in [4.69, 9.17) is 5.73 Å². The zero-order valence-electron chi connectivity index (χ0n) is 12.7. The summed E-state index contributed by atoms with van der Waals surface area (Å²) in [4.78, 5) is -0.125. The molecule has 1 aromatic rings. The van der Waals surface area contributed by atoms with Crippen molar-refractivity contribution >= 4 is 15.7 Å². The van der Waals surface area contributed by atoms with Gasteiger partial charge in [-0.3, -0.25) is 0 Å². The molecule has 0 fully saturated rings. The number of halogens is 1. The minimum atomic E-state index is -3.68. The Bertz CT molecular complexity index is 524. The van der Waals surface area contributed by atoms with Crippen LogP contribution in [0.2, 0.25) is 0 Å². The Morgan fingerprint density at radius 1 is 1.14 bits per heavy atom. The number of rotatable bonds is 9. The number of nitrogens with two attached hydrogens (primary N) is 1. The summed E-state index contributed by atoms with van der Waals surface area (Å²) < 4.78 is 39.6. The predicted octanol–water partition coefficient (Wildman–Crippen LogP) is 3.29. The Kier molecular flexibility index (Phi) is 7.11. The van der Waals surface area contributed by atoms with Gasteiger partial charge in [0.25, 0.3) is 0 Å². The second-order valence-corrected chi connectivity index (χ2v) is 7.48. The third-order valence-corrected chi connectivity index (χ3v) is 4.64. The highest BCUT2D eigenvalue weighted by atomic mass is 32.2. The van der Waals surface area contributed by atoms with Crippen LogP contribution in [0.5, 0.6) is 0 Å². The summed E-state index contributed by atoms with van der Waals surface area (Å²) in [7, 11) is -3.68. The van der Waals surface area contributed by atoms with Crippen molar-refractivity contribution in [2.45, 2.75) is 50.8 Å². The van der Waals surface area contributed by atoms with E-state index in [0.717, 1.165) is 31.4 Å². The highest BCUT2D eigenvalue weighted by Crippen LogP contribution is 2.16. The average molecular weight is 316 g/mol. The molecule has 0 radical (unpaired) electrons. The van der Waals surface area contributed by atoms with Gasteiger partial charge < -0.3 is 5.73 Å². The molecule has 0 heterocycles.